The van der Waals surface area contributed by atoms with E-state index in [4.69, 9.17) is 19.9 Å². The molecule has 0 aliphatic heterocycles. The minimum Gasteiger partial charge on any atom is -0.493 e. The molecule has 0 saturated carbocycles. The highest BCUT2D eigenvalue weighted by Crippen LogP contribution is 2.28. The average molecular weight is 253 g/mol. The number of nitrogen functional groups attached to an aromatic ring is 1. The van der Waals surface area contributed by atoms with Crippen LogP contribution in [0.25, 0.3) is 0 Å². The molecule has 4 heteroatoms. The summed E-state index contributed by atoms with van der Waals surface area (Å²) in [5.41, 5.74) is 6.36. The van der Waals surface area contributed by atoms with Crippen molar-refractivity contribution in [2.24, 2.45) is 5.92 Å². The van der Waals surface area contributed by atoms with Crippen LogP contribution in [0.15, 0.2) is 18.2 Å². The minimum atomic E-state index is 0.498. The Morgan fingerprint density at radius 1 is 1.11 bits per heavy atom. The quantitative estimate of drug-likeness (QED) is 0.571. The van der Waals surface area contributed by atoms with E-state index in [2.05, 4.69) is 13.8 Å². The molecule has 0 saturated heterocycles. The Kier molecular flexibility index (Phi) is 6.36. The van der Waals surface area contributed by atoms with E-state index in [9.17, 15) is 0 Å². The van der Waals surface area contributed by atoms with Crippen molar-refractivity contribution in [2.75, 3.05) is 32.7 Å². The molecule has 18 heavy (non-hydrogen) atoms. The van der Waals surface area contributed by atoms with E-state index >= 15 is 0 Å². The first-order valence-electron chi connectivity index (χ1n) is 6.27. The lowest BCUT2D eigenvalue weighted by Crippen LogP contribution is -2.09. The maximum atomic E-state index is 5.70. The number of hydrogen-bond acceptors (Lipinski definition) is 4. The Hall–Kier alpha value is -1.42. The zero-order valence-corrected chi connectivity index (χ0v) is 11.4. The summed E-state index contributed by atoms with van der Waals surface area (Å²) in [5, 5.41) is 0. The average Bonchev–Trinajstić information content (AvgIpc) is 2.33. The van der Waals surface area contributed by atoms with Gasteiger partial charge in [-0.15, -0.1) is 0 Å². The van der Waals surface area contributed by atoms with E-state index in [0.717, 1.165) is 13.0 Å². The molecule has 102 valence electrons. The molecule has 0 heterocycles. The van der Waals surface area contributed by atoms with Crippen LogP contribution < -0.4 is 15.2 Å². The maximum Gasteiger partial charge on any atom is 0.163 e. The molecular weight excluding hydrogens is 230 g/mol. The first kappa shape index (κ1) is 14.6. The number of rotatable bonds is 8. The highest BCUT2D eigenvalue weighted by Gasteiger charge is 2.04. The van der Waals surface area contributed by atoms with Gasteiger partial charge in [0.2, 0.25) is 0 Å². The lowest BCUT2D eigenvalue weighted by Gasteiger charge is -2.11. The van der Waals surface area contributed by atoms with Crippen LogP contribution in [0.5, 0.6) is 11.5 Å². The van der Waals surface area contributed by atoms with Crippen molar-refractivity contribution in [3.8, 4) is 11.5 Å². The highest BCUT2D eigenvalue weighted by atomic mass is 16.5. The van der Waals surface area contributed by atoms with Gasteiger partial charge in [-0.2, -0.15) is 0 Å². The summed E-state index contributed by atoms with van der Waals surface area (Å²) in [7, 11) is 1.61. The normalized spacial score (nSPS) is 10.7. The van der Waals surface area contributed by atoms with Gasteiger partial charge in [0, 0.05) is 18.4 Å². The SMILES string of the molecule is COc1ccc(N)cc1OCCOCCC(C)C. The number of benzene rings is 1. The molecule has 1 aromatic rings. The molecule has 0 unspecified atom stereocenters. The van der Waals surface area contributed by atoms with Gasteiger partial charge in [0.15, 0.2) is 11.5 Å². The number of nitrogens with two attached hydrogens (primary N) is 1. The van der Waals surface area contributed by atoms with Crippen LogP contribution in [0.1, 0.15) is 20.3 Å². The van der Waals surface area contributed by atoms with Crippen molar-refractivity contribution in [1.29, 1.82) is 0 Å². The highest BCUT2D eigenvalue weighted by molar-refractivity contribution is 5.51. The van der Waals surface area contributed by atoms with Gasteiger partial charge in [-0.05, 0) is 24.5 Å². The van der Waals surface area contributed by atoms with Crippen LogP contribution in [0, 0.1) is 5.92 Å². The zero-order valence-electron chi connectivity index (χ0n) is 11.4. The first-order chi connectivity index (χ1) is 8.63. The van der Waals surface area contributed by atoms with E-state index in [1.165, 1.54) is 0 Å². The molecule has 0 fully saturated rings. The van der Waals surface area contributed by atoms with Crippen molar-refractivity contribution >= 4 is 5.69 Å². The van der Waals surface area contributed by atoms with Crippen LogP contribution in [0.2, 0.25) is 0 Å². The zero-order chi connectivity index (χ0) is 13.4. The fraction of sp³-hybridized carbons (Fsp3) is 0.571. The summed E-state index contributed by atoms with van der Waals surface area (Å²) >= 11 is 0. The fourth-order valence-corrected chi connectivity index (χ4v) is 1.44. The lowest BCUT2D eigenvalue weighted by molar-refractivity contribution is 0.0916. The third kappa shape index (κ3) is 5.27. The second kappa shape index (κ2) is 7.82. The Morgan fingerprint density at radius 3 is 2.56 bits per heavy atom. The monoisotopic (exact) mass is 253 g/mol. The van der Waals surface area contributed by atoms with E-state index in [1.54, 1.807) is 25.3 Å². The van der Waals surface area contributed by atoms with Gasteiger partial charge in [0.1, 0.15) is 6.61 Å². The molecule has 0 amide bonds. The maximum absolute atomic E-state index is 5.70. The molecule has 0 spiro atoms. The summed E-state index contributed by atoms with van der Waals surface area (Å²) in [6, 6.07) is 5.34. The predicted octanol–water partition coefficient (Wildman–Crippen LogP) is 2.72. The Balaban J connectivity index is 2.28. The van der Waals surface area contributed by atoms with E-state index in [-0.39, 0.29) is 0 Å². The molecule has 0 radical (unpaired) electrons. The summed E-state index contributed by atoms with van der Waals surface area (Å²) in [6.45, 7) is 6.20. The molecule has 0 aromatic heterocycles. The van der Waals surface area contributed by atoms with Crippen LogP contribution >= 0.6 is 0 Å². The van der Waals surface area contributed by atoms with Gasteiger partial charge >= 0.3 is 0 Å². The predicted molar refractivity (Wildman–Crippen MR) is 73.2 cm³/mol. The summed E-state index contributed by atoms with van der Waals surface area (Å²) in [6.07, 6.45) is 1.07. The topological polar surface area (TPSA) is 53.7 Å². The second-order valence-electron chi connectivity index (χ2n) is 4.55. The van der Waals surface area contributed by atoms with Crippen molar-refractivity contribution in [3.05, 3.63) is 18.2 Å². The molecule has 1 aromatic carbocycles. The minimum absolute atomic E-state index is 0.498. The van der Waals surface area contributed by atoms with Gasteiger partial charge in [-0.3, -0.25) is 0 Å². The standard InChI is InChI=1S/C14H23NO3/c1-11(2)6-7-17-8-9-18-14-10-12(15)4-5-13(14)16-3/h4-5,10-11H,6-9,15H2,1-3H3. The van der Waals surface area contributed by atoms with Crippen molar-refractivity contribution in [3.63, 3.8) is 0 Å². The third-order valence-corrected chi connectivity index (χ3v) is 2.51. The van der Waals surface area contributed by atoms with Gasteiger partial charge in [-0.1, -0.05) is 13.8 Å². The van der Waals surface area contributed by atoms with E-state index in [0.29, 0.717) is 36.3 Å². The number of ether oxygens (including phenoxy) is 3. The largest absolute Gasteiger partial charge is 0.493 e. The molecule has 2 N–H and O–H groups in total. The third-order valence-electron chi connectivity index (χ3n) is 2.51. The van der Waals surface area contributed by atoms with Gasteiger partial charge < -0.3 is 19.9 Å². The van der Waals surface area contributed by atoms with E-state index < -0.39 is 0 Å². The summed E-state index contributed by atoms with van der Waals surface area (Å²) in [5.74, 6) is 2.01. The van der Waals surface area contributed by atoms with Crippen molar-refractivity contribution in [2.45, 2.75) is 20.3 Å². The molecule has 0 aliphatic carbocycles. The molecule has 0 aliphatic rings. The van der Waals surface area contributed by atoms with Crippen molar-refractivity contribution < 1.29 is 14.2 Å². The van der Waals surface area contributed by atoms with Crippen molar-refractivity contribution in [1.82, 2.24) is 0 Å². The number of anilines is 1. The molecular formula is C14H23NO3. The first-order valence-corrected chi connectivity index (χ1v) is 6.27. The summed E-state index contributed by atoms with van der Waals surface area (Å²) < 4.78 is 16.2. The number of hydrogen-bond donors (Lipinski definition) is 1. The molecule has 1 rings (SSSR count). The van der Waals surface area contributed by atoms with E-state index in [1.807, 2.05) is 0 Å². The molecule has 4 nitrogen and oxygen atoms in total. The Morgan fingerprint density at radius 2 is 1.89 bits per heavy atom. The van der Waals surface area contributed by atoms with Gasteiger partial charge in [-0.25, -0.2) is 0 Å². The van der Waals surface area contributed by atoms with Crippen LogP contribution in [-0.4, -0.2) is 26.9 Å². The molecule has 0 bridgehead atoms. The van der Waals surface area contributed by atoms with Crippen LogP contribution in [0.4, 0.5) is 5.69 Å². The van der Waals surface area contributed by atoms with Crippen LogP contribution in [0.3, 0.4) is 0 Å². The second-order valence-corrected chi connectivity index (χ2v) is 4.55. The smallest absolute Gasteiger partial charge is 0.163 e. The molecule has 0 atom stereocenters. The summed E-state index contributed by atoms with van der Waals surface area (Å²) in [4.78, 5) is 0. The lowest BCUT2D eigenvalue weighted by atomic mass is 10.1. The Labute approximate surface area is 109 Å². The van der Waals surface area contributed by atoms with Crippen LogP contribution in [-0.2, 0) is 4.74 Å². The van der Waals surface area contributed by atoms with Gasteiger partial charge in [0.05, 0.1) is 13.7 Å². The number of methoxy groups -OCH3 is 1. The van der Waals surface area contributed by atoms with Gasteiger partial charge in [0.25, 0.3) is 0 Å². The fourth-order valence-electron chi connectivity index (χ4n) is 1.44. The Bertz CT molecular complexity index is 353.